The molecule has 39 heavy (non-hydrogen) atoms. The zero-order valence-electron chi connectivity index (χ0n) is 25.3. The van der Waals surface area contributed by atoms with E-state index in [-0.39, 0.29) is 6.29 Å². The minimum absolute atomic E-state index is 0.278. The molecule has 0 saturated carbocycles. The molecule has 0 aliphatic carbocycles. The molecule has 1 aromatic carbocycles. The first-order valence-corrected chi connectivity index (χ1v) is 16.6. The highest BCUT2D eigenvalue weighted by atomic mass is 16.7. The smallest absolute Gasteiger partial charge is 0.185 e. The first-order valence-electron chi connectivity index (χ1n) is 16.6. The van der Waals surface area contributed by atoms with Gasteiger partial charge < -0.3 is 9.47 Å². The predicted molar refractivity (Wildman–Crippen MR) is 166 cm³/mol. The van der Waals surface area contributed by atoms with Crippen LogP contribution < -0.4 is 0 Å². The van der Waals surface area contributed by atoms with Crippen molar-refractivity contribution in [3.63, 3.8) is 0 Å². The van der Waals surface area contributed by atoms with Crippen LogP contribution in [-0.2, 0) is 15.9 Å². The molecule has 0 amide bonds. The van der Waals surface area contributed by atoms with Crippen LogP contribution >= 0.6 is 0 Å². The van der Waals surface area contributed by atoms with Gasteiger partial charge in [-0.3, -0.25) is 4.98 Å². The van der Waals surface area contributed by atoms with Gasteiger partial charge in [-0.15, -0.1) is 0 Å². The van der Waals surface area contributed by atoms with E-state index < -0.39 is 0 Å². The zero-order valence-corrected chi connectivity index (χ0v) is 25.3. The van der Waals surface area contributed by atoms with E-state index in [0.717, 1.165) is 24.5 Å². The first kappa shape index (κ1) is 31.8. The van der Waals surface area contributed by atoms with Crippen molar-refractivity contribution < 1.29 is 9.47 Å². The molecule has 0 spiro atoms. The summed E-state index contributed by atoms with van der Waals surface area (Å²) in [5.41, 5.74) is 4.63. The molecule has 3 heteroatoms. The van der Waals surface area contributed by atoms with E-state index in [0.29, 0.717) is 5.92 Å². The van der Waals surface area contributed by atoms with Gasteiger partial charge in [-0.25, -0.2) is 0 Å². The van der Waals surface area contributed by atoms with Crippen molar-refractivity contribution >= 4 is 0 Å². The third kappa shape index (κ3) is 13.0. The average Bonchev–Trinajstić information content (AvgIpc) is 2.98. The first-order chi connectivity index (χ1) is 19.3. The van der Waals surface area contributed by atoms with E-state index >= 15 is 0 Å². The van der Waals surface area contributed by atoms with Crippen molar-refractivity contribution in [2.45, 2.75) is 142 Å². The van der Waals surface area contributed by atoms with Crippen LogP contribution in [0.2, 0.25) is 0 Å². The van der Waals surface area contributed by atoms with Gasteiger partial charge in [0.25, 0.3) is 0 Å². The van der Waals surface area contributed by atoms with E-state index in [1.54, 1.807) is 0 Å². The molecule has 0 N–H and O–H groups in total. The number of nitrogens with zero attached hydrogens (tertiary/aromatic N) is 1. The molecule has 1 aliphatic rings. The molecular formula is C36H57NO2. The number of aromatic nitrogens is 1. The number of benzene rings is 1. The minimum Gasteiger partial charge on any atom is -0.348 e. The molecule has 2 aromatic rings. The molecule has 2 heterocycles. The van der Waals surface area contributed by atoms with Crippen molar-refractivity contribution in [1.82, 2.24) is 4.98 Å². The number of ether oxygens (including phenoxy) is 2. The van der Waals surface area contributed by atoms with E-state index in [4.69, 9.17) is 14.5 Å². The van der Waals surface area contributed by atoms with Crippen molar-refractivity contribution in [2.75, 3.05) is 13.2 Å². The Kier molecular flexibility index (Phi) is 16.5. The Labute approximate surface area is 240 Å². The van der Waals surface area contributed by atoms with Crippen LogP contribution in [0.25, 0.3) is 11.3 Å². The number of rotatable bonds is 21. The van der Waals surface area contributed by atoms with Crippen molar-refractivity contribution in [3.8, 4) is 11.3 Å². The highest BCUT2D eigenvalue weighted by molar-refractivity contribution is 5.59. The Morgan fingerprint density at radius 3 is 1.69 bits per heavy atom. The monoisotopic (exact) mass is 535 g/mol. The third-order valence-electron chi connectivity index (χ3n) is 8.31. The lowest BCUT2D eigenvalue weighted by atomic mass is 10.0. The molecule has 0 radical (unpaired) electrons. The van der Waals surface area contributed by atoms with Gasteiger partial charge in [-0.1, -0.05) is 147 Å². The van der Waals surface area contributed by atoms with Crippen molar-refractivity contribution in [1.29, 1.82) is 0 Å². The van der Waals surface area contributed by atoms with Gasteiger partial charge in [-0.2, -0.15) is 0 Å². The highest BCUT2D eigenvalue weighted by Gasteiger charge is 2.23. The number of hydrogen-bond acceptors (Lipinski definition) is 3. The Hall–Kier alpha value is -1.71. The van der Waals surface area contributed by atoms with Crippen LogP contribution in [0, 0.1) is 5.92 Å². The van der Waals surface area contributed by atoms with Gasteiger partial charge in [0.2, 0.25) is 0 Å². The van der Waals surface area contributed by atoms with Crippen LogP contribution in [0.5, 0.6) is 0 Å². The fourth-order valence-electron chi connectivity index (χ4n) is 5.67. The highest BCUT2D eigenvalue weighted by Crippen LogP contribution is 2.28. The number of pyridine rings is 1. The quantitative estimate of drug-likeness (QED) is 0.149. The average molecular weight is 536 g/mol. The fourth-order valence-corrected chi connectivity index (χ4v) is 5.67. The van der Waals surface area contributed by atoms with Crippen molar-refractivity contribution in [2.24, 2.45) is 5.92 Å². The summed E-state index contributed by atoms with van der Waals surface area (Å²) in [6.07, 6.45) is 27.4. The Balaban J connectivity index is 1.27. The van der Waals surface area contributed by atoms with Gasteiger partial charge in [-0.05, 0) is 30.9 Å². The normalized spacial score (nSPS) is 17.5. The summed E-state index contributed by atoms with van der Waals surface area (Å²) >= 11 is 0. The summed E-state index contributed by atoms with van der Waals surface area (Å²) in [5, 5.41) is 0. The molecule has 3 nitrogen and oxygen atoms in total. The molecule has 0 bridgehead atoms. The Morgan fingerprint density at radius 2 is 1.15 bits per heavy atom. The second kappa shape index (κ2) is 20.2. The summed E-state index contributed by atoms with van der Waals surface area (Å²) in [6.45, 7) is 6.16. The number of unbranched alkanes of at least 4 members (excludes halogenated alkanes) is 15. The van der Waals surface area contributed by atoms with Crippen LogP contribution in [0.1, 0.15) is 147 Å². The van der Waals surface area contributed by atoms with Crippen LogP contribution in [0.3, 0.4) is 0 Å². The lowest BCUT2D eigenvalue weighted by Crippen LogP contribution is -2.27. The SMILES string of the molecule is CCCCCCCCCCCCC1COC(c2ccc(-c3ccc(CCCCCCCCC)cc3)nc2)OC1. The second-order valence-electron chi connectivity index (χ2n) is 11.9. The maximum atomic E-state index is 6.09. The second-order valence-corrected chi connectivity index (χ2v) is 11.9. The molecular weight excluding hydrogens is 478 g/mol. The fraction of sp³-hybridized carbons (Fsp3) is 0.694. The molecule has 3 rings (SSSR count). The number of aryl methyl sites for hydroxylation is 1. The molecule has 1 saturated heterocycles. The van der Waals surface area contributed by atoms with Crippen molar-refractivity contribution in [3.05, 3.63) is 53.7 Å². The third-order valence-corrected chi connectivity index (χ3v) is 8.31. The Morgan fingerprint density at radius 1 is 0.615 bits per heavy atom. The summed E-state index contributed by atoms with van der Waals surface area (Å²) < 4.78 is 12.2. The lowest BCUT2D eigenvalue weighted by molar-refractivity contribution is -0.206. The van der Waals surface area contributed by atoms with Gasteiger partial charge in [0.1, 0.15) is 0 Å². The summed E-state index contributed by atoms with van der Waals surface area (Å²) in [4.78, 5) is 4.73. The largest absolute Gasteiger partial charge is 0.348 e. The topological polar surface area (TPSA) is 31.4 Å². The molecule has 0 unspecified atom stereocenters. The minimum atomic E-state index is -0.278. The van der Waals surface area contributed by atoms with Crippen LogP contribution in [-0.4, -0.2) is 18.2 Å². The van der Waals surface area contributed by atoms with E-state index in [9.17, 15) is 0 Å². The van der Waals surface area contributed by atoms with Gasteiger partial charge in [0.15, 0.2) is 6.29 Å². The van der Waals surface area contributed by atoms with E-state index in [1.807, 2.05) is 6.20 Å². The van der Waals surface area contributed by atoms with E-state index in [1.165, 1.54) is 133 Å². The lowest BCUT2D eigenvalue weighted by Gasteiger charge is -2.29. The maximum absolute atomic E-state index is 6.09. The van der Waals surface area contributed by atoms with Gasteiger partial charge in [0, 0.05) is 23.2 Å². The molecule has 0 atom stereocenters. The standard InChI is InChI=1S/C36H57NO2/c1-3-5-7-9-11-12-13-15-17-19-21-32-29-38-36(39-30-32)34-26-27-35(37-28-34)33-24-22-31(23-25-33)20-18-16-14-10-8-6-4-2/h22-28,32,36H,3-21,29-30H2,1-2H3. The predicted octanol–water partition coefficient (Wildman–Crippen LogP) is 11.0. The number of hydrogen-bond donors (Lipinski definition) is 0. The van der Waals surface area contributed by atoms with Crippen LogP contribution in [0.15, 0.2) is 42.6 Å². The van der Waals surface area contributed by atoms with Gasteiger partial charge >= 0.3 is 0 Å². The summed E-state index contributed by atoms with van der Waals surface area (Å²) in [6, 6.07) is 13.2. The summed E-state index contributed by atoms with van der Waals surface area (Å²) in [5.74, 6) is 0.530. The molecule has 1 fully saturated rings. The molecule has 1 aliphatic heterocycles. The molecule has 218 valence electrons. The van der Waals surface area contributed by atoms with Crippen LogP contribution in [0.4, 0.5) is 0 Å². The maximum Gasteiger partial charge on any atom is 0.185 e. The molecule has 1 aromatic heterocycles. The van der Waals surface area contributed by atoms with Gasteiger partial charge in [0.05, 0.1) is 18.9 Å². The summed E-state index contributed by atoms with van der Waals surface area (Å²) in [7, 11) is 0. The van der Waals surface area contributed by atoms with E-state index in [2.05, 4.69) is 50.2 Å². The zero-order chi connectivity index (χ0) is 27.4. The Bertz CT molecular complexity index is 839.